The van der Waals surface area contributed by atoms with Crippen molar-refractivity contribution in [2.75, 3.05) is 14.2 Å². The van der Waals surface area contributed by atoms with Gasteiger partial charge in [0.1, 0.15) is 17.3 Å². The molecule has 1 aromatic heterocycles. The van der Waals surface area contributed by atoms with Crippen LogP contribution in [0.2, 0.25) is 5.02 Å². The number of rotatable bonds is 5. The van der Waals surface area contributed by atoms with E-state index in [2.05, 4.69) is 10.1 Å². The summed E-state index contributed by atoms with van der Waals surface area (Å²) < 4.78 is 29.6. The van der Waals surface area contributed by atoms with Crippen molar-refractivity contribution in [3.63, 3.8) is 0 Å². The van der Waals surface area contributed by atoms with Gasteiger partial charge in [-0.1, -0.05) is 22.8 Å². The fourth-order valence-corrected chi connectivity index (χ4v) is 2.50. The zero-order valence-corrected chi connectivity index (χ0v) is 13.8. The number of hydrogen-bond acceptors (Lipinski definition) is 5. The second kappa shape index (κ2) is 6.88. The lowest BCUT2D eigenvalue weighted by atomic mass is 10.1. The second-order valence-electron chi connectivity index (χ2n) is 4.96. The highest BCUT2D eigenvalue weighted by molar-refractivity contribution is 6.31. The molecule has 0 amide bonds. The van der Waals surface area contributed by atoms with E-state index in [9.17, 15) is 4.39 Å². The molecule has 24 heavy (non-hydrogen) atoms. The van der Waals surface area contributed by atoms with Crippen molar-refractivity contribution in [1.82, 2.24) is 10.1 Å². The molecule has 124 valence electrons. The molecule has 3 rings (SSSR count). The molecule has 0 aliphatic rings. The Balaban J connectivity index is 1.91. The van der Waals surface area contributed by atoms with Gasteiger partial charge in [0.05, 0.1) is 19.8 Å². The first-order valence-electron chi connectivity index (χ1n) is 7.10. The molecule has 2 aromatic carbocycles. The summed E-state index contributed by atoms with van der Waals surface area (Å²) in [6.07, 6.45) is 0.132. The quantitative estimate of drug-likeness (QED) is 0.693. The number of nitrogens with zero attached hydrogens (tertiary/aromatic N) is 2. The van der Waals surface area contributed by atoms with Crippen LogP contribution in [0.5, 0.6) is 11.5 Å². The minimum absolute atomic E-state index is 0.132. The van der Waals surface area contributed by atoms with Crippen LogP contribution < -0.4 is 9.47 Å². The third-order valence-corrected chi connectivity index (χ3v) is 3.86. The first-order chi connectivity index (χ1) is 11.6. The maximum absolute atomic E-state index is 13.9. The lowest BCUT2D eigenvalue weighted by molar-refractivity contribution is 0.390. The fraction of sp³-hybridized carbons (Fsp3) is 0.176. The zero-order chi connectivity index (χ0) is 17.1. The van der Waals surface area contributed by atoms with Gasteiger partial charge in [-0.15, -0.1) is 0 Å². The van der Waals surface area contributed by atoms with Gasteiger partial charge in [0.15, 0.2) is 5.82 Å². The van der Waals surface area contributed by atoms with Crippen LogP contribution in [0.4, 0.5) is 4.39 Å². The summed E-state index contributed by atoms with van der Waals surface area (Å²) in [4.78, 5) is 4.30. The second-order valence-corrected chi connectivity index (χ2v) is 5.37. The van der Waals surface area contributed by atoms with Crippen LogP contribution in [0, 0.1) is 5.82 Å². The van der Waals surface area contributed by atoms with E-state index in [0.29, 0.717) is 33.5 Å². The maximum Gasteiger partial charge on any atom is 0.261 e. The molecule has 0 unspecified atom stereocenters. The number of hydrogen-bond donors (Lipinski definition) is 0. The first kappa shape index (κ1) is 16.3. The largest absolute Gasteiger partial charge is 0.497 e. The van der Waals surface area contributed by atoms with E-state index in [1.165, 1.54) is 13.2 Å². The standard InChI is InChI=1S/C17H14ClFN2O3/c1-22-10-6-7-11(15(8-10)23-2)17-20-16(21-24-17)9-12-13(18)4-3-5-14(12)19/h3-8H,9H2,1-2H3. The van der Waals surface area contributed by atoms with Gasteiger partial charge < -0.3 is 14.0 Å². The summed E-state index contributed by atoms with van der Waals surface area (Å²) in [6, 6.07) is 9.74. The molecular formula is C17H14ClFN2O3. The fourth-order valence-electron chi connectivity index (χ4n) is 2.27. The smallest absolute Gasteiger partial charge is 0.261 e. The van der Waals surface area contributed by atoms with Gasteiger partial charge in [-0.3, -0.25) is 0 Å². The third kappa shape index (κ3) is 3.19. The molecule has 0 bridgehead atoms. The number of benzene rings is 2. The highest BCUT2D eigenvalue weighted by Crippen LogP contribution is 2.32. The van der Waals surface area contributed by atoms with Crippen molar-refractivity contribution in [1.29, 1.82) is 0 Å². The van der Waals surface area contributed by atoms with E-state index in [1.54, 1.807) is 37.4 Å². The van der Waals surface area contributed by atoms with Crippen molar-refractivity contribution < 1.29 is 18.4 Å². The molecule has 0 saturated carbocycles. The topological polar surface area (TPSA) is 57.4 Å². The van der Waals surface area contributed by atoms with Gasteiger partial charge in [0.25, 0.3) is 5.89 Å². The monoisotopic (exact) mass is 348 g/mol. The maximum atomic E-state index is 13.9. The molecule has 0 spiro atoms. The molecule has 7 heteroatoms. The average Bonchev–Trinajstić information content (AvgIpc) is 3.06. The van der Waals surface area contributed by atoms with Crippen molar-refractivity contribution in [3.05, 3.63) is 58.6 Å². The van der Waals surface area contributed by atoms with Gasteiger partial charge in [-0.05, 0) is 24.3 Å². The van der Waals surface area contributed by atoms with Crippen molar-refractivity contribution in [3.8, 4) is 23.0 Å². The van der Waals surface area contributed by atoms with Gasteiger partial charge in [-0.25, -0.2) is 4.39 Å². The number of halogens is 2. The highest BCUT2D eigenvalue weighted by atomic mass is 35.5. The predicted octanol–water partition coefficient (Wildman–Crippen LogP) is 4.14. The van der Waals surface area contributed by atoms with Crippen molar-refractivity contribution >= 4 is 11.6 Å². The normalized spacial score (nSPS) is 10.7. The number of methoxy groups -OCH3 is 2. The van der Waals surface area contributed by atoms with E-state index >= 15 is 0 Å². The van der Waals surface area contributed by atoms with Gasteiger partial charge in [0, 0.05) is 23.1 Å². The van der Waals surface area contributed by atoms with Gasteiger partial charge in [-0.2, -0.15) is 4.98 Å². The summed E-state index contributed by atoms with van der Waals surface area (Å²) >= 11 is 6.02. The van der Waals surface area contributed by atoms with Crippen LogP contribution in [0.25, 0.3) is 11.5 Å². The minimum Gasteiger partial charge on any atom is -0.497 e. The summed E-state index contributed by atoms with van der Waals surface area (Å²) in [5, 5.41) is 4.21. The Hall–Kier alpha value is -2.60. The van der Waals surface area contributed by atoms with Gasteiger partial charge in [0.2, 0.25) is 0 Å². The van der Waals surface area contributed by atoms with Crippen LogP contribution >= 0.6 is 11.6 Å². The average molecular weight is 349 g/mol. The van der Waals surface area contributed by atoms with Crippen LogP contribution in [0.1, 0.15) is 11.4 Å². The molecule has 0 aliphatic carbocycles. The Bertz CT molecular complexity index is 847. The molecule has 3 aromatic rings. The zero-order valence-electron chi connectivity index (χ0n) is 13.0. The lowest BCUT2D eigenvalue weighted by Gasteiger charge is -2.07. The number of ether oxygens (including phenoxy) is 2. The van der Waals surface area contributed by atoms with Crippen molar-refractivity contribution in [2.24, 2.45) is 0 Å². The van der Waals surface area contributed by atoms with Crippen molar-refractivity contribution in [2.45, 2.75) is 6.42 Å². The molecule has 0 aliphatic heterocycles. The minimum atomic E-state index is -0.407. The molecule has 0 radical (unpaired) electrons. The Kier molecular flexibility index (Phi) is 4.66. The predicted molar refractivity (Wildman–Crippen MR) is 87.1 cm³/mol. The Morgan fingerprint density at radius 3 is 2.71 bits per heavy atom. The summed E-state index contributed by atoms with van der Waals surface area (Å²) in [5.74, 6) is 1.38. The summed E-state index contributed by atoms with van der Waals surface area (Å²) in [6.45, 7) is 0. The Morgan fingerprint density at radius 2 is 2.00 bits per heavy atom. The lowest BCUT2D eigenvalue weighted by Crippen LogP contribution is -1.96. The number of aromatic nitrogens is 2. The Morgan fingerprint density at radius 1 is 1.17 bits per heavy atom. The van der Waals surface area contributed by atoms with E-state index in [4.69, 9.17) is 25.6 Å². The van der Waals surface area contributed by atoms with E-state index in [1.807, 2.05) is 0 Å². The molecule has 1 heterocycles. The molecular weight excluding hydrogens is 335 g/mol. The van der Waals surface area contributed by atoms with Gasteiger partial charge >= 0.3 is 0 Å². The molecule has 0 N–H and O–H groups in total. The van der Waals surface area contributed by atoms with Crippen LogP contribution in [-0.4, -0.2) is 24.4 Å². The highest BCUT2D eigenvalue weighted by Gasteiger charge is 2.17. The van der Waals surface area contributed by atoms with E-state index < -0.39 is 5.82 Å². The summed E-state index contributed by atoms with van der Waals surface area (Å²) in [7, 11) is 3.10. The summed E-state index contributed by atoms with van der Waals surface area (Å²) in [5.41, 5.74) is 0.949. The van der Waals surface area contributed by atoms with Crippen LogP contribution in [-0.2, 0) is 6.42 Å². The molecule has 0 atom stereocenters. The SMILES string of the molecule is COc1ccc(-c2nc(Cc3c(F)cccc3Cl)no2)c(OC)c1. The molecule has 0 fully saturated rings. The van der Waals surface area contributed by atoms with Crippen LogP contribution in [0.15, 0.2) is 40.9 Å². The van der Waals surface area contributed by atoms with Crippen LogP contribution in [0.3, 0.4) is 0 Å². The third-order valence-electron chi connectivity index (χ3n) is 3.50. The van der Waals surface area contributed by atoms with E-state index in [0.717, 1.165) is 0 Å². The Labute approximate surface area is 143 Å². The molecule has 0 saturated heterocycles. The first-order valence-corrected chi connectivity index (χ1v) is 7.48. The molecule has 5 nitrogen and oxygen atoms in total. The van der Waals surface area contributed by atoms with E-state index in [-0.39, 0.29) is 12.3 Å².